The molecule has 262 valence electrons. The summed E-state index contributed by atoms with van der Waals surface area (Å²) in [4.78, 5) is 2.16. The van der Waals surface area contributed by atoms with Crippen LogP contribution in [0.1, 0.15) is 11.1 Å². The molecule has 2 aromatic heterocycles. The van der Waals surface area contributed by atoms with Gasteiger partial charge in [0.05, 0.1) is 12.1 Å². The van der Waals surface area contributed by atoms with Crippen LogP contribution in [0, 0.1) is 0 Å². The van der Waals surface area contributed by atoms with E-state index in [1.165, 1.54) is 8.61 Å². The van der Waals surface area contributed by atoms with E-state index in [0.717, 1.165) is 32.0 Å². The van der Waals surface area contributed by atoms with Crippen molar-refractivity contribution < 1.29 is 28.1 Å². The number of aliphatic hydroxyl groups is 2. The first-order chi connectivity index (χ1) is 24.9. The second-order valence-electron chi connectivity index (χ2n) is 12.3. The zero-order chi connectivity index (χ0) is 35.2. The van der Waals surface area contributed by atoms with Crippen molar-refractivity contribution in [3.8, 4) is 32.4 Å². The summed E-state index contributed by atoms with van der Waals surface area (Å²) in [6.07, 6.45) is -3.03. The molecule has 2 N–H and O–H groups in total. The van der Waals surface area contributed by atoms with Gasteiger partial charge in [-0.2, -0.15) is 17.0 Å². The van der Waals surface area contributed by atoms with Crippen molar-refractivity contribution in [3.05, 3.63) is 155 Å². The number of rotatable bonds is 12. The van der Waals surface area contributed by atoms with Crippen LogP contribution in [0.5, 0.6) is 11.5 Å². The summed E-state index contributed by atoms with van der Waals surface area (Å²) in [5.41, 5.74) is 3.44. The standard InChI is InChI=1S/C40H38N2O6S3/c43-39-35(27-47-33-12-3-1-4-13-33)41(25-29-18-20-31(21-19-29)37-16-8-22-49-37)51(45,46)42(36(40(39)44)28-48-34-14-5-2-6-15-34)26-30-10-7-11-32(24-30)38-17-9-23-50-38/h1-24,35-36,39-40,43-44H,25-28H2/t35?,36-,39?,40+/m0/s1. The second-order valence-corrected chi connectivity index (χ2v) is 16.0. The van der Waals surface area contributed by atoms with Crippen LogP contribution in [0.15, 0.2) is 144 Å². The molecule has 7 rings (SSSR count). The lowest BCUT2D eigenvalue weighted by Gasteiger charge is -2.34. The summed E-state index contributed by atoms with van der Waals surface area (Å²) in [7, 11) is -4.40. The number of benzene rings is 4. The number of hydrogen-bond acceptors (Lipinski definition) is 8. The molecule has 0 radical (unpaired) electrons. The third-order valence-corrected chi connectivity index (χ3v) is 12.8. The number of thiophene rings is 2. The van der Waals surface area contributed by atoms with Gasteiger partial charge in [-0.1, -0.05) is 91.0 Å². The Hall–Kier alpha value is -4.33. The largest absolute Gasteiger partial charge is 0.492 e. The van der Waals surface area contributed by atoms with Crippen molar-refractivity contribution >= 4 is 32.9 Å². The number of nitrogens with zero attached hydrogens (tertiary/aromatic N) is 2. The van der Waals surface area contributed by atoms with E-state index in [2.05, 4.69) is 0 Å². The van der Waals surface area contributed by atoms with Crippen LogP contribution in [0.4, 0.5) is 0 Å². The molecule has 51 heavy (non-hydrogen) atoms. The third-order valence-electron chi connectivity index (χ3n) is 8.97. The van der Waals surface area contributed by atoms with Crippen LogP contribution >= 0.6 is 22.7 Å². The van der Waals surface area contributed by atoms with Crippen molar-refractivity contribution in [2.45, 2.75) is 37.4 Å². The Balaban J connectivity index is 1.28. The molecule has 1 aliphatic rings. The normalized spacial score (nSPS) is 20.8. The van der Waals surface area contributed by atoms with E-state index in [-0.39, 0.29) is 26.3 Å². The van der Waals surface area contributed by atoms with Crippen LogP contribution in [0.3, 0.4) is 0 Å². The smallest absolute Gasteiger partial charge is 0.283 e. The van der Waals surface area contributed by atoms with Gasteiger partial charge < -0.3 is 19.7 Å². The number of ether oxygens (including phenoxy) is 2. The van der Waals surface area contributed by atoms with Crippen LogP contribution in [-0.4, -0.2) is 64.7 Å². The van der Waals surface area contributed by atoms with Gasteiger partial charge in [-0.15, -0.1) is 22.7 Å². The molecular weight excluding hydrogens is 701 g/mol. The van der Waals surface area contributed by atoms with Gasteiger partial charge in [-0.25, -0.2) is 0 Å². The monoisotopic (exact) mass is 738 g/mol. The predicted molar refractivity (Wildman–Crippen MR) is 203 cm³/mol. The molecule has 8 nitrogen and oxygen atoms in total. The fourth-order valence-electron chi connectivity index (χ4n) is 6.27. The molecule has 3 heterocycles. The molecule has 6 aromatic rings. The lowest BCUT2D eigenvalue weighted by Crippen LogP contribution is -2.52. The Kier molecular flexibility index (Phi) is 11.0. The maximum Gasteiger partial charge on any atom is 0.283 e. The van der Waals surface area contributed by atoms with Crippen molar-refractivity contribution in [2.24, 2.45) is 0 Å². The van der Waals surface area contributed by atoms with Gasteiger partial charge in [-0.05, 0) is 75.5 Å². The number of hydrogen-bond donors (Lipinski definition) is 2. The molecule has 11 heteroatoms. The molecule has 1 saturated heterocycles. The summed E-state index contributed by atoms with van der Waals surface area (Å²) in [6.45, 7) is -0.504. The molecule has 0 saturated carbocycles. The van der Waals surface area contributed by atoms with Gasteiger partial charge >= 0.3 is 0 Å². The molecular formula is C40H38N2O6S3. The van der Waals surface area contributed by atoms with E-state index in [1.54, 1.807) is 46.9 Å². The molecule has 0 aliphatic carbocycles. The summed E-state index contributed by atoms with van der Waals surface area (Å²) >= 11 is 3.23. The van der Waals surface area contributed by atoms with Gasteiger partial charge in [0.15, 0.2) is 0 Å². The van der Waals surface area contributed by atoms with Crippen LogP contribution in [0.2, 0.25) is 0 Å². The second kappa shape index (κ2) is 15.9. The third kappa shape index (κ3) is 8.10. The van der Waals surface area contributed by atoms with Crippen molar-refractivity contribution in [3.63, 3.8) is 0 Å². The molecule has 1 aliphatic heterocycles. The van der Waals surface area contributed by atoms with E-state index in [0.29, 0.717) is 11.5 Å². The Bertz CT molecular complexity index is 2080. The average molecular weight is 739 g/mol. The zero-order valence-corrected chi connectivity index (χ0v) is 30.1. The Morgan fingerprint density at radius 1 is 0.549 bits per heavy atom. The van der Waals surface area contributed by atoms with Gasteiger partial charge in [0.1, 0.15) is 36.9 Å². The fourth-order valence-corrected chi connectivity index (χ4v) is 9.68. The van der Waals surface area contributed by atoms with Crippen LogP contribution < -0.4 is 9.47 Å². The average Bonchev–Trinajstić information content (AvgIpc) is 3.90. The van der Waals surface area contributed by atoms with Crippen LogP contribution in [0.25, 0.3) is 20.9 Å². The Labute approximate surface area is 306 Å². The summed E-state index contributed by atoms with van der Waals surface area (Å²) in [5.74, 6) is 1.04. The summed E-state index contributed by atoms with van der Waals surface area (Å²) in [5, 5.41) is 27.9. The SMILES string of the molecule is O=S1(=O)N(Cc2ccc(-c3cccs3)cc2)C(COc2ccccc2)C(O)[C@H](O)[C@H](COc2ccccc2)N1Cc1cccc(-c2cccs2)c1. The molecule has 0 spiro atoms. The molecule has 2 unspecified atom stereocenters. The van der Waals surface area contributed by atoms with Crippen molar-refractivity contribution in [2.75, 3.05) is 13.2 Å². The van der Waals surface area contributed by atoms with Gasteiger partial charge in [0.2, 0.25) is 0 Å². The predicted octanol–water partition coefficient (Wildman–Crippen LogP) is 7.32. The summed E-state index contributed by atoms with van der Waals surface area (Å²) in [6, 6.07) is 39.3. The van der Waals surface area contributed by atoms with E-state index < -0.39 is 34.5 Å². The van der Waals surface area contributed by atoms with Gasteiger partial charge in [0.25, 0.3) is 10.2 Å². The maximum atomic E-state index is 15.2. The molecule has 4 aromatic carbocycles. The topological polar surface area (TPSA) is 99.5 Å². The first-order valence-electron chi connectivity index (χ1n) is 16.6. The van der Waals surface area contributed by atoms with Gasteiger partial charge in [-0.3, -0.25) is 0 Å². The first-order valence-corrected chi connectivity index (χ1v) is 19.8. The Morgan fingerprint density at radius 3 is 1.57 bits per heavy atom. The highest BCUT2D eigenvalue weighted by Crippen LogP contribution is 2.33. The first kappa shape index (κ1) is 35.1. The van der Waals surface area contributed by atoms with Crippen LogP contribution in [-0.2, 0) is 23.3 Å². The Morgan fingerprint density at radius 2 is 1.06 bits per heavy atom. The minimum absolute atomic E-state index is 0.0579. The van der Waals surface area contributed by atoms with E-state index in [4.69, 9.17) is 9.47 Å². The minimum Gasteiger partial charge on any atom is -0.492 e. The van der Waals surface area contributed by atoms with E-state index in [1.807, 2.05) is 120 Å². The molecule has 4 atom stereocenters. The van der Waals surface area contributed by atoms with E-state index in [9.17, 15) is 10.2 Å². The van der Waals surface area contributed by atoms with Gasteiger partial charge in [0, 0.05) is 22.8 Å². The quantitative estimate of drug-likeness (QED) is 0.137. The number of aliphatic hydroxyl groups excluding tert-OH is 2. The van der Waals surface area contributed by atoms with Crippen molar-refractivity contribution in [1.82, 2.24) is 8.61 Å². The minimum atomic E-state index is -4.40. The highest BCUT2D eigenvalue weighted by Gasteiger charge is 2.51. The number of para-hydroxylation sites is 2. The summed E-state index contributed by atoms with van der Waals surface area (Å²) < 4.78 is 45.1. The lowest BCUT2D eigenvalue weighted by atomic mass is 9.98. The molecule has 0 amide bonds. The fraction of sp³-hybridized carbons (Fsp3) is 0.200. The van der Waals surface area contributed by atoms with Crippen molar-refractivity contribution in [1.29, 1.82) is 0 Å². The lowest BCUT2D eigenvalue weighted by molar-refractivity contribution is -0.0565. The molecule has 1 fully saturated rings. The molecule has 0 bridgehead atoms. The maximum absolute atomic E-state index is 15.2. The van der Waals surface area contributed by atoms with E-state index >= 15 is 8.42 Å². The highest BCUT2D eigenvalue weighted by atomic mass is 32.2. The highest BCUT2D eigenvalue weighted by molar-refractivity contribution is 7.86. The zero-order valence-electron chi connectivity index (χ0n) is 27.6.